The highest BCUT2D eigenvalue weighted by Crippen LogP contribution is 2.24. The number of hydrogen-bond acceptors (Lipinski definition) is 5. The average molecular weight is 315 g/mol. The topological polar surface area (TPSA) is 94.2 Å². The molecule has 0 radical (unpaired) electrons. The van der Waals surface area contributed by atoms with Gasteiger partial charge in [-0.1, -0.05) is 5.21 Å². The number of nitro benzene ring substituents is 1. The van der Waals surface area contributed by atoms with Crippen molar-refractivity contribution in [3.63, 3.8) is 0 Å². The van der Waals surface area contributed by atoms with Gasteiger partial charge in [0.05, 0.1) is 17.2 Å². The van der Waals surface area contributed by atoms with Crippen molar-refractivity contribution in [2.75, 3.05) is 13.1 Å². The van der Waals surface area contributed by atoms with E-state index in [4.69, 9.17) is 0 Å². The molecule has 1 aromatic carbocycles. The van der Waals surface area contributed by atoms with Crippen molar-refractivity contribution < 1.29 is 9.72 Å². The van der Waals surface area contributed by atoms with Gasteiger partial charge in [0.2, 0.25) is 0 Å². The van der Waals surface area contributed by atoms with Gasteiger partial charge >= 0.3 is 0 Å². The Morgan fingerprint density at radius 3 is 2.65 bits per heavy atom. The molecule has 8 nitrogen and oxygen atoms in total. The van der Waals surface area contributed by atoms with Crippen molar-refractivity contribution in [2.45, 2.75) is 25.8 Å². The van der Waals surface area contributed by atoms with Gasteiger partial charge in [0.1, 0.15) is 0 Å². The van der Waals surface area contributed by atoms with Crippen molar-refractivity contribution >= 4 is 11.6 Å². The molecule has 1 amide bonds. The normalized spacial score (nSPS) is 15.6. The molecule has 120 valence electrons. The van der Waals surface area contributed by atoms with Gasteiger partial charge in [-0.3, -0.25) is 14.9 Å². The minimum atomic E-state index is -0.472. The van der Waals surface area contributed by atoms with Crippen LogP contribution >= 0.6 is 0 Å². The molecule has 1 aromatic heterocycles. The number of nitro groups is 1. The van der Waals surface area contributed by atoms with Gasteiger partial charge < -0.3 is 4.90 Å². The molecule has 0 saturated carbocycles. The van der Waals surface area contributed by atoms with Crippen molar-refractivity contribution in [3.8, 4) is 0 Å². The van der Waals surface area contributed by atoms with E-state index in [1.54, 1.807) is 24.1 Å². The SMILES string of the molecule is Cc1cc(C(=O)N2CCC(n3ccnn3)CC2)cc([N+](=O)[O-])c1. The predicted octanol–water partition coefficient (Wildman–Crippen LogP) is 1.97. The number of amides is 1. The van der Waals surface area contributed by atoms with Crippen LogP contribution < -0.4 is 0 Å². The molecule has 1 aliphatic rings. The van der Waals surface area contributed by atoms with Crippen LogP contribution in [0.5, 0.6) is 0 Å². The molecule has 0 atom stereocenters. The van der Waals surface area contributed by atoms with E-state index in [0.29, 0.717) is 24.2 Å². The molecule has 3 rings (SSSR count). The molecule has 0 unspecified atom stereocenters. The third-order valence-electron chi connectivity index (χ3n) is 4.09. The van der Waals surface area contributed by atoms with Gasteiger partial charge in [0, 0.05) is 37.0 Å². The molecule has 2 heterocycles. The van der Waals surface area contributed by atoms with Crippen LogP contribution in [0, 0.1) is 17.0 Å². The summed E-state index contributed by atoms with van der Waals surface area (Å²) in [5.41, 5.74) is 1.03. The van der Waals surface area contributed by atoms with E-state index in [9.17, 15) is 14.9 Å². The number of piperidine rings is 1. The number of non-ortho nitro benzene ring substituents is 1. The number of aromatic nitrogens is 3. The smallest absolute Gasteiger partial charge is 0.270 e. The monoisotopic (exact) mass is 315 g/mol. The van der Waals surface area contributed by atoms with E-state index < -0.39 is 4.92 Å². The fourth-order valence-electron chi connectivity index (χ4n) is 2.92. The van der Waals surface area contributed by atoms with Crippen LogP contribution in [-0.4, -0.2) is 43.8 Å². The van der Waals surface area contributed by atoms with Crippen LogP contribution in [0.3, 0.4) is 0 Å². The maximum atomic E-state index is 12.6. The Kier molecular flexibility index (Phi) is 4.05. The Morgan fingerprint density at radius 1 is 1.30 bits per heavy atom. The second-order valence-electron chi connectivity index (χ2n) is 5.72. The molecule has 1 aliphatic heterocycles. The lowest BCUT2D eigenvalue weighted by Crippen LogP contribution is -2.39. The second kappa shape index (κ2) is 6.15. The van der Waals surface area contributed by atoms with Crippen LogP contribution in [-0.2, 0) is 0 Å². The predicted molar refractivity (Wildman–Crippen MR) is 82.0 cm³/mol. The molecular weight excluding hydrogens is 298 g/mol. The van der Waals surface area contributed by atoms with Gasteiger partial charge in [-0.2, -0.15) is 0 Å². The van der Waals surface area contributed by atoms with Crippen LogP contribution in [0.2, 0.25) is 0 Å². The summed E-state index contributed by atoms with van der Waals surface area (Å²) in [4.78, 5) is 24.8. The molecule has 0 spiro atoms. The van der Waals surface area contributed by atoms with E-state index in [0.717, 1.165) is 12.8 Å². The maximum absolute atomic E-state index is 12.6. The number of benzene rings is 1. The molecular formula is C15H17N5O3. The lowest BCUT2D eigenvalue weighted by molar-refractivity contribution is -0.384. The fourth-order valence-corrected chi connectivity index (χ4v) is 2.92. The van der Waals surface area contributed by atoms with Gasteiger partial charge in [-0.25, -0.2) is 4.68 Å². The average Bonchev–Trinajstić information content (AvgIpc) is 3.08. The Balaban J connectivity index is 1.71. The minimum absolute atomic E-state index is 0.0501. The Hall–Kier alpha value is -2.77. The fraction of sp³-hybridized carbons (Fsp3) is 0.400. The zero-order valence-electron chi connectivity index (χ0n) is 12.8. The molecule has 23 heavy (non-hydrogen) atoms. The summed E-state index contributed by atoms with van der Waals surface area (Å²) in [7, 11) is 0. The molecule has 1 fully saturated rings. The third-order valence-corrected chi connectivity index (χ3v) is 4.09. The third kappa shape index (κ3) is 3.20. The number of carbonyl (C=O) groups excluding carboxylic acids is 1. The highest BCUT2D eigenvalue weighted by atomic mass is 16.6. The summed E-state index contributed by atoms with van der Waals surface area (Å²) < 4.78 is 1.82. The zero-order chi connectivity index (χ0) is 16.4. The lowest BCUT2D eigenvalue weighted by Gasteiger charge is -2.31. The largest absolute Gasteiger partial charge is 0.338 e. The number of likely N-dealkylation sites (tertiary alicyclic amines) is 1. The van der Waals surface area contributed by atoms with Crippen molar-refractivity contribution in [1.29, 1.82) is 0 Å². The van der Waals surface area contributed by atoms with Gasteiger partial charge in [0.15, 0.2) is 0 Å². The molecule has 0 bridgehead atoms. The summed E-state index contributed by atoms with van der Waals surface area (Å²) >= 11 is 0. The molecule has 8 heteroatoms. The summed E-state index contributed by atoms with van der Waals surface area (Å²) in [5.74, 6) is -0.158. The second-order valence-corrected chi connectivity index (χ2v) is 5.72. The Morgan fingerprint density at radius 2 is 2.04 bits per heavy atom. The quantitative estimate of drug-likeness (QED) is 0.637. The number of aryl methyl sites for hydroxylation is 1. The van der Waals surface area contributed by atoms with E-state index in [2.05, 4.69) is 10.3 Å². The van der Waals surface area contributed by atoms with E-state index in [1.165, 1.54) is 12.1 Å². The Bertz CT molecular complexity index is 721. The first kappa shape index (κ1) is 15.1. The number of carbonyl (C=O) groups is 1. The Labute approximate surface area is 132 Å². The van der Waals surface area contributed by atoms with E-state index in [1.807, 2.05) is 10.9 Å². The minimum Gasteiger partial charge on any atom is -0.338 e. The molecule has 2 aromatic rings. The van der Waals surface area contributed by atoms with Gasteiger partial charge in [0.25, 0.3) is 11.6 Å². The molecule has 0 N–H and O–H groups in total. The summed E-state index contributed by atoms with van der Waals surface area (Å²) in [5, 5.41) is 18.7. The lowest BCUT2D eigenvalue weighted by atomic mass is 10.0. The standard InChI is InChI=1S/C15H17N5O3/c1-11-8-12(10-14(9-11)20(22)23)15(21)18-5-2-13(3-6-18)19-7-4-16-17-19/h4,7-10,13H,2-3,5-6H2,1H3. The van der Waals surface area contributed by atoms with Crippen molar-refractivity contribution in [3.05, 3.63) is 51.8 Å². The summed E-state index contributed by atoms with van der Waals surface area (Å²) in [6, 6.07) is 4.75. The highest BCUT2D eigenvalue weighted by molar-refractivity contribution is 5.95. The van der Waals surface area contributed by atoms with Gasteiger partial charge in [-0.15, -0.1) is 5.10 Å². The first-order valence-electron chi connectivity index (χ1n) is 7.46. The number of rotatable bonds is 3. The van der Waals surface area contributed by atoms with Crippen molar-refractivity contribution in [1.82, 2.24) is 19.9 Å². The first-order valence-corrected chi connectivity index (χ1v) is 7.46. The number of nitrogens with zero attached hydrogens (tertiary/aromatic N) is 5. The van der Waals surface area contributed by atoms with Crippen LogP contribution in [0.25, 0.3) is 0 Å². The molecule has 0 aliphatic carbocycles. The van der Waals surface area contributed by atoms with Crippen LogP contribution in [0.4, 0.5) is 5.69 Å². The first-order chi connectivity index (χ1) is 11.0. The van der Waals surface area contributed by atoms with E-state index >= 15 is 0 Å². The molecule has 1 saturated heterocycles. The highest BCUT2D eigenvalue weighted by Gasteiger charge is 2.26. The van der Waals surface area contributed by atoms with E-state index in [-0.39, 0.29) is 17.6 Å². The van der Waals surface area contributed by atoms with Gasteiger partial charge in [-0.05, 0) is 31.4 Å². The zero-order valence-corrected chi connectivity index (χ0v) is 12.8. The number of hydrogen-bond donors (Lipinski definition) is 0. The van der Waals surface area contributed by atoms with Crippen LogP contribution in [0.15, 0.2) is 30.6 Å². The van der Waals surface area contributed by atoms with Crippen molar-refractivity contribution in [2.24, 2.45) is 0 Å². The maximum Gasteiger partial charge on any atom is 0.270 e. The summed E-state index contributed by atoms with van der Waals surface area (Å²) in [6.45, 7) is 2.96. The summed E-state index contributed by atoms with van der Waals surface area (Å²) in [6.07, 6.45) is 5.06. The van der Waals surface area contributed by atoms with Crippen LogP contribution in [0.1, 0.15) is 34.8 Å².